The lowest BCUT2D eigenvalue weighted by Gasteiger charge is -2.09. The molecule has 0 atom stereocenters. The fourth-order valence-corrected chi connectivity index (χ4v) is 2.48. The van der Waals surface area contributed by atoms with Crippen LogP contribution in [0.15, 0.2) is 46.9 Å². The van der Waals surface area contributed by atoms with Crippen molar-refractivity contribution in [3.05, 3.63) is 62.6 Å². The van der Waals surface area contributed by atoms with Crippen LogP contribution in [0.5, 0.6) is 11.5 Å². The molecule has 19 heavy (non-hydrogen) atoms. The summed E-state index contributed by atoms with van der Waals surface area (Å²) in [4.78, 5) is 10.4. The Hall–Kier alpha value is -1.40. The quantitative estimate of drug-likeness (QED) is 0.420. The third-order valence-electron chi connectivity index (χ3n) is 2.41. The second-order valence-corrected chi connectivity index (χ2v) is 5.22. The number of benzene rings is 2. The summed E-state index contributed by atoms with van der Waals surface area (Å²) >= 11 is 6.61. The minimum atomic E-state index is -0.450. The Kier molecular flexibility index (Phi) is 4.55. The molecule has 0 unspecified atom stereocenters. The molecule has 0 aliphatic heterocycles. The van der Waals surface area contributed by atoms with Gasteiger partial charge in [0.05, 0.1) is 11.0 Å². The summed E-state index contributed by atoms with van der Waals surface area (Å²) in [5.74, 6) is 1.10. The normalized spacial score (nSPS) is 10.2. The van der Waals surface area contributed by atoms with E-state index in [1.807, 2.05) is 24.3 Å². The van der Waals surface area contributed by atoms with E-state index in [9.17, 15) is 10.1 Å². The molecule has 0 radical (unpaired) electrons. The predicted molar refractivity (Wildman–Crippen MR) is 79.9 cm³/mol. The fraction of sp³-hybridized carbons (Fsp3) is 0.0769. The van der Waals surface area contributed by atoms with Gasteiger partial charge >= 0.3 is 0 Å². The zero-order chi connectivity index (χ0) is 13.8. The smallest absolute Gasteiger partial charge is 0.274 e. The topological polar surface area (TPSA) is 52.4 Å². The molecule has 0 fully saturated rings. The van der Waals surface area contributed by atoms with Crippen molar-refractivity contribution in [3.8, 4) is 11.5 Å². The van der Waals surface area contributed by atoms with Crippen LogP contribution in [0.3, 0.4) is 0 Å². The van der Waals surface area contributed by atoms with Gasteiger partial charge in [-0.3, -0.25) is 10.1 Å². The molecule has 0 amide bonds. The van der Waals surface area contributed by atoms with Crippen LogP contribution in [0.25, 0.3) is 0 Å². The Morgan fingerprint density at radius 1 is 1.21 bits per heavy atom. The molecule has 0 aliphatic rings. The maximum atomic E-state index is 10.8. The average Bonchev–Trinajstić information content (AvgIpc) is 2.38. The second kappa shape index (κ2) is 6.16. The van der Waals surface area contributed by atoms with E-state index in [0.29, 0.717) is 21.3 Å². The summed E-state index contributed by atoms with van der Waals surface area (Å²) in [6.45, 7) is 0. The van der Waals surface area contributed by atoms with Gasteiger partial charge in [0, 0.05) is 21.4 Å². The van der Waals surface area contributed by atoms with Crippen molar-refractivity contribution in [2.75, 3.05) is 0 Å². The molecule has 2 aromatic carbocycles. The zero-order valence-corrected chi connectivity index (χ0v) is 12.8. The van der Waals surface area contributed by atoms with Crippen molar-refractivity contribution in [2.45, 2.75) is 5.33 Å². The summed E-state index contributed by atoms with van der Waals surface area (Å²) in [5.41, 5.74) is 0.964. The van der Waals surface area contributed by atoms with E-state index in [-0.39, 0.29) is 5.69 Å². The molecule has 2 aromatic rings. The highest BCUT2D eigenvalue weighted by Crippen LogP contribution is 2.31. The first-order chi connectivity index (χ1) is 9.10. The van der Waals surface area contributed by atoms with E-state index >= 15 is 0 Å². The van der Waals surface area contributed by atoms with Gasteiger partial charge < -0.3 is 4.74 Å². The molecule has 0 aliphatic carbocycles. The van der Waals surface area contributed by atoms with Gasteiger partial charge in [0.1, 0.15) is 11.5 Å². The van der Waals surface area contributed by atoms with Gasteiger partial charge in [-0.15, -0.1) is 0 Å². The molecular weight excluding hydrogens is 378 g/mol. The number of nitro benzene ring substituents is 1. The van der Waals surface area contributed by atoms with Crippen LogP contribution in [0.4, 0.5) is 5.69 Å². The lowest BCUT2D eigenvalue weighted by molar-refractivity contribution is -0.385. The van der Waals surface area contributed by atoms with Gasteiger partial charge in [-0.05, 0) is 12.1 Å². The molecule has 0 heterocycles. The Morgan fingerprint density at radius 2 is 1.95 bits per heavy atom. The van der Waals surface area contributed by atoms with Gasteiger partial charge in [0.2, 0.25) is 0 Å². The Bertz CT molecular complexity index is 617. The van der Waals surface area contributed by atoms with E-state index < -0.39 is 4.92 Å². The number of halogens is 2. The maximum Gasteiger partial charge on any atom is 0.274 e. The molecule has 0 aromatic heterocycles. The second-order valence-electron chi connectivity index (χ2n) is 3.75. The molecule has 0 saturated carbocycles. The summed E-state index contributed by atoms with van der Waals surface area (Å²) in [7, 11) is 0. The van der Waals surface area contributed by atoms with E-state index in [4.69, 9.17) is 4.74 Å². The summed E-state index contributed by atoms with van der Waals surface area (Å²) in [6, 6.07) is 12.0. The number of alkyl halides is 1. The molecular formula is C13H9Br2NO3. The van der Waals surface area contributed by atoms with Crippen LogP contribution in [0, 0.1) is 10.1 Å². The van der Waals surface area contributed by atoms with Crippen molar-refractivity contribution in [1.82, 2.24) is 0 Å². The summed E-state index contributed by atoms with van der Waals surface area (Å²) in [5, 5.41) is 11.5. The molecule has 4 nitrogen and oxygen atoms in total. The molecule has 0 saturated heterocycles. The highest BCUT2D eigenvalue weighted by atomic mass is 79.9. The average molecular weight is 387 g/mol. The monoisotopic (exact) mass is 385 g/mol. The highest BCUT2D eigenvalue weighted by molar-refractivity contribution is 9.10. The largest absolute Gasteiger partial charge is 0.457 e. The highest BCUT2D eigenvalue weighted by Gasteiger charge is 2.11. The molecule has 2 rings (SSSR count). The van der Waals surface area contributed by atoms with Crippen LogP contribution in [0.2, 0.25) is 0 Å². The van der Waals surface area contributed by atoms with Crippen molar-refractivity contribution in [2.24, 2.45) is 0 Å². The lowest BCUT2D eigenvalue weighted by Crippen LogP contribution is -1.92. The number of para-hydroxylation sites is 1. The third-order valence-corrected chi connectivity index (χ3v) is 3.47. The zero-order valence-electron chi connectivity index (χ0n) is 9.68. The standard InChI is InChI=1S/C13H9Br2NO3/c14-8-9-3-1-2-4-13(9)19-12-6-10(15)5-11(7-12)16(17)18/h1-7H,8H2. The van der Waals surface area contributed by atoms with Crippen LogP contribution >= 0.6 is 31.9 Å². The number of hydrogen-bond acceptors (Lipinski definition) is 3. The first-order valence-electron chi connectivity index (χ1n) is 5.37. The Morgan fingerprint density at radius 3 is 2.63 bits per heavy atom. The number of rotatable bonds is 4. The molecule has 0 spiro atoms. The van der Waals surface area contributed by atoms with Gasteiger partial charge in [-0.1, -0.05) is 50.1 Å². The SMILES string of the molecule is O=[N+]([O-])c1cc(Br)cc(Oc2ccccc2CBr)c1. The maximum absolute atomic E-state index is 10.8. The fourth-order valence-electron chi connectivity index (χ4n) is 1.55. The lowest BCUT2D eigenvalue weighted by atomic mass is 10.2. The van der Waals surface area contributed by atoms with Crippen LogP contribution < -0.4 is 4.74 Å². The van der Waals surface area contributed by atoms with Crippen molar-refractivity contribution < 1.29 is 9.66 Å². The molecule has 98 valence electrons. The van der Waals surface area contributed by atoms with Crippen LogP contribution in [-0.2, 0) is 5.33 Å². The van der Waals surface area contributed by atoms with Gasteiger partial charge in [0.25, 0.3) is 5.69 Å². The Labute approximate surface area is 126 Å². The molecule has 0 N–H and O–H groups in total. The predicted octanol–water partition coefficient (Wildman–Crippen LogP) is 5.04. The molecule has 6 heteroatoms. The van der Waals surface area contributed by atoms with Gasteiger partial charge in [-0.2, -0.15) is 0 Å². The Balaban J connectivity index is 2.35. The number of nitro groups is 1. The summed E-state index contributed by atoms with van der Waals surface area (Å²) in [6.07, 6.45) is 0. The first-order valence-corrected chi connectivity index (χ1v) is 7.28. The van der Waals surface area contributed by atoms with E-state index in [1.54, 1.807) is 6.07 Å². The number of nitrogens with zero attached hydrogens (tertiary/aromatic N) is 1. The first kappa shape index (κ1) is 14.0. The number of hydrogen-bond donors (Lipinski definition) is 0. The van der Waals surface area contributed by atoms with Crippen molar-refractivity contribution in [1.29, 1.82) is 0 Å². The van der Waals surface area contributed by atoms with Crippen LogP contribution in [-0.4, -0.2) is 4.92 Å². The van der Waals surface area contributed by atoms with Gasteiger partial charge in [-0.25, -0.2) is 0 Å². The van der Waals surface area contributed by atoms with Crippen molar-refractivity contribution >= 4 is 37.5 Å². The summed E-state index contributed by atoms with van der Waals surface area (Å²) < 4.78 is 6.31. The van der Waals surface area contributed by atoms with Crippen LogP contribution in [0.1, 0.15) is 5.56 Å². The minimum Gasteiger partial charge on any atom is -0.457 e. The van der Waals surface area contributed by atoms with Gasteiger partial charge in [0.15, 0.2) is 0 Å². The number of ether oxygens (including phenoxy) is 1. The van der Waals surface area contributed by atoms with Crippen molar-refractivity contribution in [3.63, 3.8) is 0 Å². The molecule has 0 bridgehead atoms. The van der Waals surface area contributed by atoms with E-state index in [1.165, 1.54) is 12.1 Å². The van der Waals surface area contributed by atoms with E-state index in [2.05, 4.69) is 31.9 Å². The minimum absolute atomic E-state index is 0.0132. The van der Waals surface area contributed by atoms with E-state index in [0.717, 1.165) is 5.56 Å². The third kappa shape index (κ3) is 3.54. The number of non-ortho nitro benzene ring substituents is 1.